The Labute approximate surface area is 88.5 Å². The van der Waals surface area contributed by atoms with E-state index in [2.05, 4.69) is 0 Å². The van der Waals surface area contributed by atoms with E-state index in [0.29, 0.717) is 0 Å². The molecule has 0 aromatic heterocycles. The normalized spacial score (nSPS) is 10.3. The topological polar surface area (TPSA) is 63.3 Å². The van der Waals surface area contributed by atoms with Crippen LogP contribution in [0.25, 0.3) is 0 Å². The predicted octanol–water partition coefficient (Wildman–Crippen LogP) is 2.35. The third-order valence-electron chi connectivity index (χ3n) is 1.51. The molecule has 0 aliphatic heterocycles. The summed E-state index contributed by atoms with van der Waals surface area (Å²) in [5.41, 5.74) is 6.34. The lowest BCUT2D eigenvalue weighted by Crippen LogP contribution is -2.21. The zero-order valence-electron chi connectivity index (χ0n) is 8.18. The molecule has 0 atom stereocenters. The maximum Gasteiger partial charge on any atom is 0.490 e. The summed E-state index contributed by atoms with van der Waals surface area (Å²) in [4.78, 5) is 8.90. The molecule has 0 radical (unpaired) electrons. The van der Waals surface area contributed by atoms with Gasteiger partial charge in [0.05, 0.1) is 5.69 Å². The van der Waals surface area contributed by atoms with E-state index < -0.39 is 12.1 Å². The number of hydrogen-bond donors (Lipinski definition) is 2. The van der Waals surface area contributed by atoms with Gasteiger partial charge in [-0.05, 0) is 18.6 Å². The van der Waals surface area contributed by atoms with Crippen LogP contribution in [-0.4, -0.2) is 17.3 Å². The molecule has 0 aliphatic carbocycles. The second-order valence-electron chi connectivity index (χ2n) is 2.77. The number of nitrogen functional groups attached to an aromatic ring is 1. The summed E-state index contributed by atoms with van der Waals surface area (Å²) >= 11 is 0. The van der Waals surface area contributed by atoms with Gasteiger partial charge in [-0.15, -0.1) is 0 Å². The number of benzene rings is 1. The van der Waals surface area contributed by atoms with Gasteiger partial charge in [0.15, 0.2) is 0 Å². The van der Waals surface area contributed by atoms with Crippen molar-refractivity contribution in [2.45, 2.75) is 13.1 Å². The van der Waals surface area contributed by atoms with Crippen molar-refractivity contribution in [1.29, 1.82) is 0 Å². The summed E-state index contributed by atoms with van der Waals surface area (Å²) in [5, 5.41) is 7.12. The zero-order valence-corrected chi connectivity index (χ0v) is 8.18. The largest absolute Gasteiger partial charge is 0.490 e. The first-order valence-electron chi connectivity index (χ1n) is 3.97. The van der Waals surface area contributed by atoms with Gasteiger partial charge in [0.2, 0.25) is 0 Å². The number of alkyl halides is 3. The summed E-state index contributed by atoms with van der Waals surface area (Å²) in [6.07, 6.45) is -5.08. The monoisotopic (exact) mass is 239 g/mol. The van der Waals surface area contributed by atoms with E-state index in [0.717, 1.165) is 5.56 Å². The zero-order chi connectivity index (χ0) is 12.9. The van der Waals surface area contributed by atoms with Crippen LogP contribution in [0.3, 0.4) is 0 Å². The highest BCUT2D eigenvalue weighted by Gasteiger charge is 2.38. The molecule has 0 bridgehead atoms. The van der Waals surface area contributed by atoms with Crippen LogP contribution in [0.15, 0.2) is 18.2 Å². The molecule has 3 N–H and O–H groups in total. The van der Waals surface area contributed by atoms with Crippen molar-refractivity contribution in [3.63, 3.8) is 0 Å². The third kappa shape index (κ3) is 4.63. The Hall–Kier alpha value is -1.79. The minimum absolute atomic E-state index is 0.248. The van der Waals surface area contributed by atoms with E-state index >= 15 is 0 Å². The minimum atomic E-state index is -5.08. The number of aryl methyl sites for hydroxylation is 1. The molecule has 0 heterocycles. The molecule has 1 aromatic rings. The summed E-state index contributed by atoms with van der Waals surface area (Å²) < 4.78 is 44.2. The minimum Gasteiger partial charge on any atom is -0.475 e. The standard InChI is InChI=1S/C7H8FN.C2HF3O2/c1-5-3-2-4-6(8)7(5)9;3-2(4,5)1(6)7/h2-4H,9H2,1H3;(H,6,7). The van der Waals surface area contributed by atoms with Crippen molar-refractivity contribution < 1.29 is 27.5 Å². The Bertz CT molecular complexity index is 356. The maximum absolute atomic E-state index is 12.5. The molecule has 0 unspecified atom stereocenters. The maximum atomic E-state index is 12.5. The highest BCUT2D eigenvalue weighted by Crippen LogP contribution is 2.13. The lowest BCUT2D eigenvalue weighted by molar-refractivity contribution is -0.192. The number of carboxylic acid groups (broad SMARTS) is 1. The first kappa shape index (κ1) is 14.2. The van der Waals surface area contributed by atoms with Crippen molar-refractivity contribution in [1.82, 2.24) is 0 Å². The van der Waals surface area contributed by atoms with Crippen LogP contribution in [0.2, 0.25) is 0 Å². The summed E-state index contributed by atoms with van der Waals surface area (Å²) in [6.45, 7) is 1.78. The number of anilines is 1. The molecular weight excluding hydrogens is 230 g/mol. The van der Waals surface area contributed by atoms with Gasteiger partial charge in [-0.2, -0.15) is 13.2 Å². The van der Waals surface area contributed by atoms with Crippen LogP contribution < -0.4 is 5.73 Å². The molecule has 90 valence electrons. The number of carbonyl (C=O) groups is 1. The number of halogens is 4. The van der Waals surface area contributed by atoms with Gasteiger partial charge in [-0.3, -0.25) is 0 Å². The van der Waals surface area contributed by atoms with E-state index in [-0.39, 0.29) is 11.5 Å². The van der Waals surface area contributed by atoms with Crippen molar-refractivity contribution >= 4 is 11.7 Å². The number of para-hydroxylation sites is 1. The molecular formula is C9H9F4NO2. The summed E-state index contributed by atoms with van der Waals surface area (Å²) in [7, 11) is 0. The fourth-order valence-electron chi connectivity index (χ4n) is 0.645. The van der Waals surface area contributed by atoms with Gasteiger partial charge < -0.3 is 10.8 Å². The van der Waals surface area contributed by atoms with Crippen LogP contribution in [0.5, 0.6) is 0 Å². The molecule has 1 rings (SSSR count). The van der Waals surface area contributed by atoms with E-state index in [1.165, 1.54) is 6.07 Å². The molecule has 3 nitrogen and oxygen atoms in total. The molecule has 16 heavy (non-hydrogen) atoms. The average Bonchev–Trinajstić information content (AvgIpc) is 2.13. The van der Waals surface area contributed by atoms with Gasteiger partial charge in [-0.1, -0.05) is 12.1 Å². The molecule has 0 fully saturated rings. The van der Waals surface area contributed by atoms with Crippen molar-refractivity contribution in [3.05, 3.63) is 29.6 Å². The molecule has 0 saturated carbocycles. The van der Waals surface area contributed by atoms with E-state index in [9.17, 15) is 17.6 Å². The van der Waals surface area contributed by atoms with Crippen LogP contribution in [0.4, 0.5) is 23.2 Å². The number of rotatable bonds is 0. The van der Waals surface area contributed by atoms with Gasteiger partial charge in [0.1, 0.15) is 5.82 Å². The SMILES string of the molecule is Cc1cccc(F)c1N.O=C(O)C(F)(F)F. The Balaban J connectivity index is 0.000000293. The number of aliphatic carboxylic acids is 1. The molecule has 0 spiro atoms. The first-order chi connectivity index (χ1) is 7.16. The van der Waals surface area contributed by atoms with E-state index in [1.807, 2.05) is 0 Å². The molecule has 1 aromatic carbocycles. The highest BCUT2D eigenvalue weighted by molar-refractivity contribution is 5.73. The molecule has 0 amide bonds. The van der Waals surface area contributed by atoms with Crippen LogP contribution in [0.1, 0.15) is 5.56 Å². The summed E-state index contributed by atoms with van der Waals surface area (Å²) in [5.74, 6) is -3.09. The van der Waals surface area contributed by atoms with Crippen LogP contribution >= 0.6 is 0 Å². The van der Waals surface area contributed by atoms with Gasteiger partial charge in [-0.25, -0.2) is 9.18 Å². The van der Waals surface area contributed by atoms with Crippen molar-refractivity contribution in [3.8, 4) is 0 Å². The number of carboxylic acids is 1. The fourth-order valence-corrected chi connectivity index (χ4v) is 0.645. The molecule has 0 aliphatic rings. The van der Waals surface area contributed by atoms with E-state index in [1.54, 1.807) is 19.1 Å². The van der Waals surface area contributed by atoms with Gasteiger partial charge in [0.25, 0.3) is 0 Å². The Kier molecular flexibility index (Phi) is 4.74. The highest BCUT2D eigenvalue weighted by atomic mass is 19.4. The van der Waals surface area contributed by atoms with Crippen molar-refractivity contribution in [2.24, 2.45) is 0 Å². The van der Waals surface area contributed by atoms with Gasteiger partial charge in [0, 0.05) is 0 Å². The van der Waals surface area contributed by atoms with Gasteiger partial charge >= 0.3 is 12.1 Å². The second-order valence-corrected chi connectivity index (χ2v) is 2.77. The second kappa shape index (κ2) is 5.34. The lowest BCUT2D eigenvalue weighted by atomic mass is 10.2. The van der Waals surface area contributed by atoms with Crippen molar-refractivity contribution in [2.75, 3.05) is 5.73 Å². The smallest absolute Gasteiger partial charge is 0.475 e. The average molecular weight is 239 g/mol. The Morgan fingerprint density at radius 2 is 1.81 bits per heavy atom. The third-order valence-corrected chi connectivity index (χ3v) is 1.51. The fraction of sp³-hybridized carbons (Fsp3) is 0.222. The quantitative estimate of drug-likeness (QED) is 0.539. The number of hydrogen-bond acceptors (Lipinski definition) is 2. The first-order valence-corrected chi connectivity index (χ1v) is 3.97. The summed E-state index contributed by atoms with van der Waals surface area (Å²) in [6, 6.07) is 4.77. The Morgan fingerprint density at radius 1 is 1.38 bits per heavy atom. The Morgan fingerprint density at radius 3 is 2.06 bits per heavy atom. The van der Waals surface area contributed by atoms with Crippen LogP contribution in [0, 0.1) is 12.7 Å². The molecule has 7 heteroatoms. The lowest BCUT2D eigenvalue weighted by Gasteiger charge is -1.97. The predicted molar refractivity (Wildman–Crippen MR) is 49.2 cm³/mol. The molecule has 0 saturated heterocycles. The van der Waals surface area contributed by atoms with E-state index in [4.69, 9.17) is 15.6 Å². The number of nitrogens with two attached hydrogens (primary N) is 1. The van der Waals surface area contributed by atoms with Crippen LogP contribution in [-0.2, 0) is 4.79 Å².